The lowest BCUT2D eigenvalue weighted by Gasteiger charge is -2.10. The summed E-state index contributed by atoms with van der Waals surface area (Å²) in [5.74, 6) is -0.228. The van der Waals surface area contributed by atoms with Gasteiger partial charge in [-0.1, -0.05) is 71.1 Å². The summed E-state index contributed by atoms with van der Waals surface area (Å²) in [6.07, 6.45) is 14.4. The lowest BCUT2D eigenvalue weighted by Crippen LogP contribution is -2.17. The van der Waals surface area contributed by atoms with Gasteiger partial charge in [-0.05, 0) is 12.8 Å². The monoisotopic (exact) mass is 362 g/mol. The molecule has 142 valence electrons. The molecule has 2 unspecified atom stereocenters. The van der Waals surface area contributed by atoms with E-state index in [1.807, 2.05) is 0 Å². The van der Waals surface area contributed by atoms with E-state index in [4.69, 9.17) is 9.26 Å². The zero-order chi connectivity index (χ0) is 17.7. The van der Waals surface area contributed by atoms with Crippen molar-refractivity contribution < 1.29 is 23.5 Å². The van der Waals surface area contributed by atoms with Gasteiger partial charge in [0.25, 0.3) is 0 Å². The standard InChI is InChI=1S/C18H35O5P/c1-2-3-4-5-6-7-8-9-10-11-12-13-18(19)22-16-17-14-15-24(20,21)23-17/h17H,2-16H2,1H3,(H,20,21). The number of hydrogen-bond donors (Lipinski definition) is 1. The van der Waals surface area contributed by atoms with Gasteiger partial charge in [-0.25, -0.2) is 0 Å². The van der Waals surface area contributed by atoms with E-state index in [1.165, 1.54) is 57.8 Å². The SMILES string of the molecule is CCCCCCCCCCCCCC(=O)OCC1CCP(=O)(O)O1. The molecule has 0 saturated carbocycles. The summed E-state index contributed by atoms with van der Waals surface area (Å²) in [5, 5.41) is 0. The van der Waals surface area contributed by atoms with Gasteiger partial charge in [0.1, 0.15) is 12.7 Å². The summed E-state index contributed by atoms with van der Waals surface area (Å²) in [7, 11) is -3.40. The molecule has 0 aromatic heterocycles. The highest BCUT2D eigenvalue weighted by molar-refractivity contribution is 7.53. The van der Waals surface area contributed by atoms with Crippen LogP contribution < -0.4 is 0 Å². The Balaban J connectivity index is 1.84. The highest BCUT2D eigenvalue weighted by Gasteiger charge is 2.33. The Bertz CT molecular complexity index is 386. The van der Waals surface area contributed by atoms with Crippen LogP contribution >= 0.6 is 7.60 Å². The molecule has 0 aromatic carbocycles. The summed E-state index contributed by atoms with van der Waals surface area (Å²) in [4.78, 5) is 20.9. The fraction of sp³-hybridized carbons (Fsp3) is 0.944. The minimum atomic E-state index is -3.40. The maximum absolute atomic E-state index is 11.6. The summed E-state index contributed by atoms with van der Waals surface area (Å²) < 4.78 is 21.3. The summed E-state index contributed by atoms with van der Waals surface area (Å²) in [6, 6.07) is 0. The van der Waals surface area contributed by atoms with Crippen molar-refractivity contribution in [3.8, 4) is 0 Å². The topological polar surface area (TPSA) is 72.8 Å². The fourth-order valence-electron chi connectivity index (χ4n) is 2.95. The van der Waals surface area contributed by atoms with Crippen molar-refractivity contribution in [1.29, 1.82) is 0 Å². The first-order valence-corrected chi connectivity index (χ1v) is 11.5. The number of ether oxygens (including phenoxy) is 1. The summed E-state index contributed by atoms with van der Waals surface area (Å²) in [5.41, 5.74) is 0. The Morgan fingerprint density at radius 3 is 2.08 bits per heavy atom. The minimum Gasteiger partial charge on any atom is -0.463 e. The Kier molecular flexibility index (Phi) is 11.7. The first kappa shape index (κ1) is 21.7. The van der Waals surface area contributed by atoms with E-state index in [9.17, 15) is 14.3 Å². The lowest BCUT2D eigenvalue weighted by atomic mass is 10.1. The highest BCUT2D eigenvalue weighted by Crippen LogP contribution is 2.50. The largest absolute Gasteiger partial charge is 0.463 e. The van der Waals surface area contributed by atoms with Crippen LogP contribution in [-0.4, -0.2) is 29.7 Å². The van der Waals surface area contributed by atoms with E-state index in [0.717, 1.165) is 12.8 Å². The van der Waals surface area contributed by atoms with Crippen LogP contribution in [0.1, 0.15) is 90.4 Å². The number of hydrogen-bond acceptors (Lipinski definition) is 4. The predicted molar refractivity (Wildman–Crippen MR) is 96.2 cm³/mol. The van der Waals surface area contributed by atoms with Gasteiger partial charge in [-0.3, -0.25) is 9.36 Å². The molecule has 1 aliphatic rings. The van der Waals surface area contributed by atoms with E-state index in [1.54, 1.807) is 0 Å². The third-order valence-corrected chi connectivity index (χ3v) is 5.91. The molecule has 1 N–H and O–H groups in total. The Labute approximate surface area is 147 Å². The molecule has 0 aromatic rings. The zero-order valence-corrected chi connectivity index (χ0v) is 16.1. The number of unbranched alkanes of at least 4 members (excludes halogenated alkanes) is 10. The molecule has 24 heavy (non-hydrogen) atoms. The predicted octanol–water partition coefficient (Wildman–Crippen LogP) is 5.21. The van der Waals surface area contributed by atoms with Gasteiger partial charge in [0.05, 0.1) is 6.16 Å². The van der Waals surface area contributed by atoms with Gasteiger partial charge in [0.2, 0.25) is 0 Å². The molecule has 1 rings (SSSR count). The molecule has 0 amide bonds. The molecule has 2 atom stereocenters. The second-order valence-electron chi connectivity index (χ2n) is 6.85. The van der Waals surface area contributed by atoms with Crippen molar-refractivity contribution in [3.05, 3.63) is 0 Å². The zero-order valence-electron chi connectivity index (χ0n) is 15.2. The van der Waals surface area contributed by atoms with Crippen LogP contribution in [0.4, 0.5) is 0 Å². The summed E-state index contributed by atoms with van der Waals surface area (Å²) in [6.45, 7) is 2.34. The first-order chi connectivity index (χ1) is 11.5. The average molecular weight is 362 g/mol. The molecule has 0 spiro atoms. The van der Waals surface area contributed by atoms with Crippen LogP contribution in [0.2, 0.25) is 0 Å². The van der Waals surface area contributed by atoms with Crippen molar-refractivity contribution in [2.75, 3.05) is 12.8 Å². The molecule has 6 heteroatoms. The van der Waals surface area contributed by atoms with Crippen LogP contribution in [0.15, 0.2) is 0 Å². The van der Waals surface area contributed by atoms with Crippen molar-refractivity contribution in [3.63, 3.8) is 0 Å². The van der Waals surface area contributed by atoms with Gasteiger partial charge in [0.15, 0.2) is 0 Å². The third kappa shape index (κ3) is 11.2. The molecule has 1 fully saturated rings. The number of esters is 1. The molecule has 0 aliphatic carbocycles. The minimum absolute atomic E-state index is 0.0986. The van der Waals surface area contributed by atoms with E-state index in [-0.39, 0.29) is 18.7 Å². The molecule has 5 nitrogen and oxygen atoms in total. The number of rotatable bonds is 14. The first-order valence-electron chi connectivity index (χ1n) is 9.69. The Morgan fingerprint density at radius 1 is 1.04 bits per heavy atom. The average Bonchev–Trinajstić information content (AvgIpc) is 2.90. The van der Waals surface area contributed by atoms with E-state index < -0.39 is 13.7 Å². The molecule has 0 radical (unpaired) electrons. The van der Waals surface area contributed by atoms with Crippen LogP contribution in [0.25, 0.3) is 0 Å². The Hall–Kier alpha value is -0.380. The van der Waals surface area contributed by atoms with Crippen LogP contribution in [-0.2, 0) is 18.6 Å². The summed E-state index contributed by atoms with van der Waals surface area (Å²) >= 11 is 0. The second kappa shape index (κ2) is 12.9. The lowest BCUT2D eigenvalue weighted by molar-refractivity contribution is -0.146. The molecular formula is C18H35O5P. The van der Waals surface area contributed by atoms with Crippen LogP contribution in [0, 0.1) is 0 Å². The maximum atomic E-state index is 11.6. The van der Waals surface area contributed by atoms with Crippen LogP contribution in [0.5, 0.6) is 0 Å². The number of carbonyl (C=O) groups is 1. The quantitative estimate of drug-likeness (QED) is 0.261. The van der Waals surface area contributed by atoms with Crippen molar-refractivity contribution >= 4 is 13.6 Å². The smallest absolute Gasteiger partial charge is 0.328 e. The van der Waals surface area contributed by atoms with Crippen LogP contribution in [0.3, 0.4) is 0 Å². The Morgan fingerprint density at radius 2 is 1.58 bits per heavy atom. The van der Waals surface area contributed by atoms with E-state index >= 15 is 0 Å². The normalized spacial score (nSPS) is 23.5. The van der Waals surface area contributed by atoms with Gasteiger partial charge in [-0.2, -0.15) is 0 Å². The van der Waals surface area contributed by atoms with Gasteiger partial charge < -0.3 is 14.2 Å². The molecule has 0 bridgehead atoms. The molecule has 1 saturated heterocycles. The molecule has 1 aliphatic heterocycles. The molecule has 1 heterocycles. The van der Waals surface area contributed by atoms with E-state index in [2.05, 4.69) is 6.92 Å². The van der Waals surface area contributed by atoms with Gasteiger partial charge in [0, 0.05) is 6.42 Å². The third-order valence-electron chi connectivity index (χ3n) is 4.46. The van der Waals surface area contributed by atoms with Crippen molar-refractivity contribution in [2.24, 2.45) is 0 Å². The van der Waals surface area contributed by atoms with Crippen molar-refractivity contribution in [1.82, 2.24) is 0 Å². The highest BCUT2D eigenvalue weighted by atomic mass is 31.2. The number of carbonyl (C=O) groups excluding carboxylic acids is 1. The second-order valence-corrected chi connectivity index (χ2v) is 8.78. The molecular weight excluding hydrogens is 327 g/mol. The fourth-order valence-corrected chi connectivity index (χ4v) is 4.30. The van der Waals surface area contributed by atoms with Crippen molar-refractivity contribution in [2.45, 2.75) is 96.5 Å². The van der Waals surface area contributed by atoms with Gasteiger partial charge >= 0.3 is 13.6 Å². The maximum Gasteiger partial charge on any atom is 0.328 e. The van der Waals surface area contributed by atoms with Gasteiger partial charge in [-0.15, -0.1) is 0 Å². The van der Waals surface area contributed by atoms with E-state index in [0.29, 0.717) is 12.8 Å².